The van der Waals surface area contributed by atoms with E-state index in [2.05, 4.69) is 15.5 Å². The second-order valence-electron chi connectivity index (χ2n) is 7.34. The van der Waals surface area contributed by atoms with Crippen LogP contribution in [0.2, 0.25) is 0 Å². The average Bonchev–Trinajstić information content (AvgIpc) is 3.26. The largest absolute Gasteiger partial charge is 0.497 e. The number of ether oxygens (including phenoxy) is 3. The minimum absolute atomic E-state index is 0.186. The molecule has 0 aromatic heterocycles. The van der Waals surface area contributed by atoms with Crippen LogP contribution in [0.1, 0.15) is 18.9 Å². The highest BCUT2D eigenvalue weighted by Crippen LogP contribution is 2.31. The Bertz CT molecular complexity index is 803. The van der Waals surface area contributed by atoms with Crippen molar-refractivity contribution in [1.29, 1.82) is 0 Å². The Morgan fingerprint density at radius 1 is 1.10 bits per heavy atom. The molecule has 1 saturated heterocycles. The summed E-state index contributed by atoms with van der Waals surface area (Å²) in [5, 5.41) is 5.87. The standard InChI is InChI=1S/C23H31N3O4/c1-4-30-16-17-5-7-19(8-6-17)25-23(27)24-14-18-9-10-26(15-18)20-11-21(28-2)13-22(12-20)29-3/h5-8,11-13,18H,4,9-10,14-16H2,1-3H3,(H2,24,25,27)/t18-/m0/s1. The molecule has 2 aromatic rings. The SMILES string of the molecule is CCOCc1ccc(NC(=O)NC[C@@H]2CCN(c3cc(OC)cc(OC)c3)C2)cc1. The van der Waals surface area contributed by atoms with Gasteiger partial charge in [-0.3, -0.25) is 0 Å². The summed E-state index contributed by atoms with van der Waals surface area (Å²) >= 11 is 0. The van der Waals surface area contributed by atoms with Gasteiger partial charge in [0, 0.05) is 55.8 Å². The molecule has 0 spiro atoms. The van der Waals surface area contributed by atoms with Crippen molar-refractivity contribution in [3.8, 4) is 11.5 Å². The zero-order valence-electron chi connectivity index (χ0n) is 17.9. The van der Waals surface area contributed by atoms with E-state index in [9.17, 15) is 4.79 Å². The molecule has 0 saturated carbocycles. The lowest BCUT2D eigenvalue weighted by atomic mass is 10.1. The first-order chi connectivity index (χ1) is 14.6. The van der Waals surface area contributed by atoms with Crippen molar-refractivity contribution in [3.05, 3.63) is 48.0 Å². The monoisotopic (exact) mass is 413 g/mol. The van der Waals surface area contributed by atoms with Crippen LogP contribution in [0.5, 0.6) is 11.5 Å². The first-order valence-corrected chi connectivity index (χ1v) is 10.3. The highest BCUT2D eigenvalue weighted by molar-refractivity contribution is 5.89. The summed E-state index contributed by atoms with van der Waals surface area (Å²) in [7, 11) is 3.31. The molecule has 1 heterocycles. The van der Waals surface area contributed by atoms with Crippen LogP contribution in [0, 0.1) is 5.92 Å². The molecule has 2 N–H and O–H groups in total. The van der Waals surface area contributed by atoms with Gasteiger partial charge in [-0.2, -0.15) is 0 Å². The summed E-state index contributed by atoms with van der Waals surface area (Å²) in [6, 6.07) is 13.4. The van der Waals surface area contributed by atoms with Crippen molar-refractivity contribution in [2.75, 3.05) is 50.7 Å². The molecular formula is C23H31N3O4. The van der Waals surface area contributed by atoms with Gasteiger partial charge < -0.3 is 29.7 Å². The van der Waals surface area contributed by atoms with E-state index >= 15 is 0 Å². The number of nitrogens with one attached hydrogen (secondary N) is 2. The third kappa shape index (κ3) is 6.03. The first-order valence-electron chi connectivity index (χ1n) is 10.3. The number of hydrogen-bond acceptors (Lipinski definition) is 5. The quantitative estimate of drug-likeness (QED) is 0.653. The highest BCUT2D eigenvalue weighted by atomic mass is 16.5. The first kappa shape index (κ1) is 21.8. The second kappa shape index (κ2) is 10.7. The maximum Gasteiger partial charge on any atom is 0.319 e. The molecule has 2 amide bonds. The molecule has 2 aromatic carbocycles. The maximum atomic E-state index is 12.3. The van der Waals surface area contributed by atoms with Gasteiger partial charge in [0.1, 0.15) is 11.5 Å². The van der Waals surface area contributed by atoms with Crippen LogP contribution < -0.4 is 25.0 Å². The number of hydrogen-bond donors (Lipinski definition) is 2. The number of benzene rings is 2. The van der Waals surface area contributed by atoms with Gasteiger partial charge in [-0.1, -0.05) is 12.1 Å². The molecule has 0 bridgehead atoms. The predicted octanol–water partition coefficient (Wildman–Crippen LogP) is 3.89. The van der Waals surface area contributed by atoms with E-state index in [1.54, 1.807) is 14.2 Å². The van der Waals surface area contributed by atoms with Gasteiger partial charge in [-0.25, -0.2) is 4.79 Å². The van der Waals surface area contributed by atoms with Gasteiger partial charge in [-0.15, -0.1) is 0 Å². The van der Waals surface area contributed by atoms with Crippen molar-refractivity contribution < 1.29 is 19.0 Å². The summed E-state index contributed by atoms with van der Waals surface area (Å²) in [5.41, 5.74) is 2.93. The zero-order chi connectivity index (χ0) is 21.3. The van der Waals surface area contributed by atoms with Gasteiger partial charge in [0.15, 0.2) is 0 Å². The van der Waals surface area contributed by atoms with Gasteiger partial charge in [0.25, 0.3) is 0 Å². The second-order valence-corrected chi connectivity index (χ2v) is 7.34. The summed E-state index contributed by atoms with van der Waals surface area (Å²) in [6.45, 7) is 5.68. The van der Waals surface area contributed by atoms with E-state index in [-0.39, 0.29) is 6.03 Å². The molecule has 1 aliphatic heterocycles. The molecule has 1 atom stereocenters. The van der Waals surface area contributed by atoms with Crippen molar-refractivity contribution in [3.63, 3.8) is 0 Å². The smallest absolute Gasteiger partial charge is 0.319 e. The van der Waals surface area contributed by atoms with Crippen molar-refractivity contribution >= 4 is 17.4 Å². The molecular weight excluding hydrogens is 382 g/mol. The molecule has 0 aliphatic carbocycles. The molecule has 0 radical (unpaired) electrons. The Morgan fingerprint density at radius 2 is 1.80 bits per heavy atom. The fraction of sp³-hybridized carbons (Fsp3) is 0.435. The molecule has 1 fully saturated rings. The van der Waals surface area contributed by atoms with Crippen LogP contribution in [0.3, 0.4) is 0 Å². The number of urea groups is 1. The molecule has 30 heavy (non-hydrogen) atoms. The van der Waals surface area contributed by atoms with Crippen LogP contribution in [0.4, 0.5) is 16.2 Å². The van der Waals surface area contributed by atoms with Crippen molar-refractivity contribution in [2.45, 2.75) is 20.0 Å². The summed E-state index contributed by atoms with van der Waals surface area (Å²) in [6.07, 6.45) is 1.02. The van der Waals surface area contributed by atoms with E-state index in [4.69, 9.17) is 14.2 Å². The molecule has 3 rings (SSSR count). The van der Waals surface area contributed by atoms with Crippen LogP contribution >= 0.6 is 0 Å². The number of anilines is 2. The Labute approximate surface area is 178 Å². The van der Waals surface area contributed by atoms with Crippen molar-refractivity contribution in [1.82, 2.24) is 5.32 Å². The number of rotatable bonds is 9. The minimum Gasteiger partial charge on any atom is -0.497 e. The van der Waals surface area contributed by atoms with Crippen molar-refractivity contribution in [2.24, 2.45) is 5.92 Å². The third-order valence-corrected chi connectivity index (χ3v) is 5.22. The average molecular weight is 414 g/mol. The normalized spacial score (nSPS) is 15.7. The molecule has 162 valence electrons. The van der Waals surface area contributed by atoms with Gasteiger partial charge in [0.2, 0.25) is 0 Å². The lowest BCUT2D eigenvalue weighted by Gasteiger charge is -2.20. The minimum atomic E-state index is -0.186. The van der Waals surface area contributed by atoms with E-state index in [1.807, 2.05) is 49.4 Å². The number of nitrogens with zero attached hydrogens (tertiary/aromatic N) is 1. The molecule has 7 heteroatoms. The number of methoxy groups -OCH3 is 2. The summed E-state index contributed by atoms with van der Waals surface area (Å²) < 4.78 is 16.1. The summed E-state index contributed by atoms with van der Waals surface area (Å²) in [5.74, 6) is 1.94. The molecule has 0 unspecified atom stereocenters. The fourth-order valence-electron chi connectivity index (χ4n) is 3.53. The number of carbonyl (C=O) groups is 1. The van der Waals surface area contributed by atoms with E-state index in [0.717, 1.165) is 47.9 Å². The predicted molar refractivity (Wildman–Crippen MR) is 119 cm³/mol. The van der Waals surface area contributed by atoms with Crippen LogP contribution in [0.15, 0.2) is 42.5 Å². The van der Waals surface area contributed by atoms with Gasteiger partial charge in [-0.05, 0) is 37.0 Å². The lowest BCUT2D eigenvalue weighted by Crippen LogP contribution is -2.34. The van der Waals surface area contributed by atoms with E-state index < -0.39 is 0 Å². The van der Waals surface area contributed by atoms with Gasteiger partial charge >= 0.3 is 6.03 Å². The van der Waals surface area contributed by atoms with Crippen LogP contribution in [0.25, 0.3) is 0 Å². The topological polar surface area (TPSA) is 72.1 Å². The maximum absolute atomic E-state index is 12.3. The lowest BCUT2D eigenvalue weighted by molar-refractivity contribution is 0.134. The molecule has 7 nitrogen and oxygen atoms in total. The Hall–Kier alpha value is -2.93. The third-order valence-electron chi connectivity index (χ3n) is 5.22. The van der Waals surface area contributed by atoms with Crippen LogP contribution in [-0.4, -0.2) is 46.5 Å². The van der Waals surface area contributed by atoms with E-state index in [0.29, 0.717) is 25.7 Å². The Morgan fingerprint density at radius 3 is 2.43 bits per heavy atom. The zero-order valence-corrected chi connectivity index (χ0v) is 17.9. The molecule has 1 aliphatic rings. The Balaban J connectivity index is 1.46. The number of carbonyl (C=O) groups excluding carboxylic acids is 1. The highest BCUT2D eigenvalue weighted by Gasteiger charge is 2.24. The van der Waals surface area contributed by atoms with Crippen LogP contribution in [-0.2, 0) is 11.3 Å². The Kier molecular flexibility index (Phi) is 7.79. The van der Waals surface area contributed by atoms with E-state index in [1.165, 1.54) is 0 Å². The fourth-order valence-corrected chi connectivity index (χ4v) is 3.53. The number of amides is 2. The summed E-state index contributed by atoms with van der Waals surface area (Å²) in [4.78, 5) is 14.5. The van der Waals surface area contributed by atoms with Gasteiger partial charge in [0.05, 0.1) is 20.8 Å².